The number of rotatable bonds is 4. The second-order valence-corrected chi connectivity index (χ2v) is 4.46. The number of nitro benzene ring substituents is 1. The minimum absolute atomic E-state index is 0.0573. The third kappa shape index (κ3) is 3.01. The predicted octanol–water partition coefficient (Wildman–Crippen LogP) is 2.94. The normalized spacial score (nSPS) is 10.2. The van der Waals surface area contributed by atoms with Gasteiger partial charge in [-0.1, -0.05) is 0 Å². The zero-order valence-corrected chi connectivity index (χ0v) is 9.94. The molecule has 0 unspecified atom stereocenters. The highest BCUT2D eigenvalue weighted by molar-refractivity contribution is 7.09. The van der Waals surface area contributed by atoms with Crippen LogP contribution in [0.5, 0.6) is 5.75 Å². The number of aromatic nitrogens is 1. The number of hydrogen-bond donors (Lipinski definition) is 0. The average Bonchev–Trinajstić information content (AvgIpc) is 2.73. The molecule has 88 valence electrons. The molecule has 0 saturated heterocycles. The van der Waals surface area contributed by atoms with Gasteiger partial charge in [0.25, 0.3) is 5.69 Å². The maximum Gasteiger partial charge on any atom is 0.269 e. The molecule has 2 aromatic rings. The highest BCUT2D eigenvalue weighted by atomic mass is 32.1. The van der Waals surface area contributed by atoms with Crippen LogP contribution in [-0.2, 0) is 6.61 Å². The van der Waals surface area contributed by atoms with Gasteiger partial charge in [0.05, 0.1) is 15.6 Å². The fourth-order valence-corrected chi connectivity index (χ4v) is 1.89. The number of benzene rings is 1. The monoisotopic (exact) mass is 250 g/mol. The molecule has 5 nitrogen and oxygen atoms in total. The van der Waals surface area contributed by atoms with E-state index >= 15 is 0 Å². The van der Waals surface area contributed by atoms with Crippen LogP contribution in [0.15, 0.2) is 29.6 Å². The molecular formula is C11H10N2O3S. The fraction of sp³-hybridized carbons (Fsp3) is 0.182. The van der Waals surface area contributed by atoms with E-state index < -0.39 is 4.92 Å². The molecule has 2 rings (SSSR count). The number of hydrogen-bond acceptors (Lipinski definition) is 5. The topological polar surface area (TPSA) is 65.3 Å². The fourth-order valence-electron chi connectivity index (χ4n) is 1.30. The van der Waals surface area contributed by atoms with Crippen molar-refractivity contribution in [1.29, 1.82) is 0 Å². The molecule has 0 aliphatic carbocycles. The van der Waals surface area contributed by atoms with Gasteiger partial charge in [-0.15, -0.1) is 11.3 Å². The standard InChI is InChI=1S/C11H10N2O3S/c1-8-12-9(7-17-8)6-16-11-4-2-10(3-5-11)13(14)15/h2-5,7H,6H2,1H3. The van der Waals surface area contributed by atoms with Crippen LogP contribution in [0.3, 0.4) is 0 Å². The van der Waals surface area contributed by atoms with Gasteiger partial charge in [-0.25, -0.2) is 4.98 Å². The Bertz CT molecular complexity index is 522. The van der Waals surface area contributed by atoms with Crippen molar-refractivity contribution in [2.75, 3.05) is 0 Å². The Labute approximate surface area is 102 Å². The van der Waals surface area contributed by atoms with Crippen LogP contribution in [0.25, 0.3) is 0 Å². The van der Waals surface area contributed by atoms with E-state index in [1.54, 1.807) is 23.5 Å². The molecule has 6 heteroatoms. The Balaban J connectivity index is 1.97. The van der Waals surface area contributed by atoms with E-state index in [0.29, 0.717) is 12.4 Å². The molecule has 0 N–H and O–H groups in total. The van der Waals surface area contributed by atoms with Crippen LogP contribution >= 0.6 is 11.3 Å². The molecule has 17 heavy (non-hydrogen) atoms. The van der Waals surface area contributed by atoms with E-state index in [9.17, 15) is 10.1 Å². The van der Waals surface area contributed by atoms with Crippen LogP contribution in [-0.4, -0.2) is 9.91 Å². The summed E-state index contributed by atoms with van der Waals surface area (Å²) in [6.07, 6.45) is 0. The van der Waals surface area contributed by atoms with E-state index in [1.807, 2.05) is 12.3 Å². The quantitative estimate of drug-likeness (QED) is 0.618. The van der Waals surface area contributed by atoms with E-state index in [4.69, 9.17) is 4.74 Å². The summed E-state index contributed by atoms with van der Waals surface area (Å²) in [7, 11) is 0. The van der Waals surface area contributed by atoms with Crippen molar-refractivity contribution in [1.82, 2.24) is 4.98 Å². The number of ether oxygens (including phenoxy) is 1. The summed E-state index contributed by atoms with van der Waals surface area (Å²) in [4.78, 5) is 14.3. The predicted molar refractivity (Wildman–Crippen MR) is 64.3 cm³/mol. The van der Waals surface area contributed by atoms with Gasteiger partial charge in [-0.3, -0.25) is 10.1 Å². The highest BCUT2D eigenvalue weighted by Crippen LogP contribution is 2.18. The zero-order chi connectivity index (χ0) is 12.3. The Hall–Kier alpha value is -1.95. The van der Waals surface area contributed by atoms with Gasteiger partial charge in [0.15, 0.2) is 0 Å². The van der Waals surface area contributed by atoms with E-state index in [1.165, 1.54) is 12.1 Å². The van der Waals surface area contributed by atoms with Crippen molar-refractivity contribution < 1.29 is 9.66 Å². The third-order valence-corrected chi connectivity index (χ3v) is 2.92. The summed E-state index contributed by atoms with van der Waals surface area (Å²) in [5.74, 6) is 0.598. The lowest BCUT2D eigenvalue weighted by Gasteiger charge is -2.03. The van der Waals surface area contributed by atoms with Gasteiger partial charge in [0.1, 0.15) is 12.4 Å². The molecule has 0 aliphatic heterocycles. The van der Waals surface area contributed by atoms with E-state index in [0.717, 1.165) is 10.7 Å². The van der Waals surface area contributed by atoms with Gasteiger partial charge in [-0.2, -0.15) is 0 Å². The highest BCUT2D eigenvalue weighted by Gasteiger charge is 2.05. The molecule has 0 amide bonds. The summed E-state index contributed by atoms with van der Waals surface area (Å²) in [6.45, 7) is 2.31. The lowest BCUT2D eigenvalue weighted by atomic mass is 10.3. The number of nitro groups is 1. The summed E-state index contributed by atoms with van der Waals surface area (Å²) >= 11 is 1.57. The first-order valence-electron chi connectivity index (χ1n) is 4.93. The maximum atomic E-state index is 10.5. The van der Waals surface area contributed by atoms with Crippen LogP contribution in [0.1, 0.15) is 10.7 Å². The first kappa shape index (κ1) is 11.5. The molecule has 0 bridgehead atoms. The smallest absolute Gasteiger partial charge is 0.269 e. The molecule has 1 heterocycles. The summed E-state index contributed by atoms with van der Waals surface area (Å²) < 4.78 is 5.46. The number of aryl methyl sites for hydroxylation is 1. The molecule has 1 aromatic carbocycles. The first-order valence-corrected chi connectivity index (χ1v) is 5.81. The molecule has 1 aromatic heterocycles. The summed E-state index contributed by atoms with van der Waals surface area (Å²) in [5.41, 5.74) is 0.924. The van der Waals surface area contributed by atoms with E-state index in [-0.39, 0.29) is 5.69 Å². The van der Waals surface area contributed by atoms with Crippen LogP contribution in [0, 0.1) is 17.0 Å². The molecule has 0 atom stereocenters. The van der Waals surface area contributed by atoms with Crippen molar-refractivity contribution in [2.45, 2.75) is 13.5 Å². The molecule has 0 spiro atoms. The first-order chi connectivity index (χ1) is 8.15. The Morgan fingerprint density at radius 1 is 1.41 bits per heavy atom. The summed E-state index contributed by atoms with van der Waals surface area (Å²) in [6, 6.07) is 6.00. The van der Waals surface area contributed by atoms with E-state index in [2.05, 4.69) is 4.98 Å². The molecule has 0 radical (unpaired) electrons. The number of non-ortho nitro benzene ring substituents is 1. The van der Waals surface area contributed by atoms with Crippen molar-refractivity contribution in [3.8, 4) is 5.75 Å². The zero-order valence-electron chi connectivity index (χ0n) is 9.12. The number of nitrogens with zero attached hydrogens (tertiary/aromatic N) is 2. The lowest BCUT2D eigenvalue weighted by Crippen LogP contribution is -1.96. The Kier molecular flexibility index (Phi) is 3.34. The van der Waals surface area contributed by atoms with Gasteiger partial charge in [0, 0.05) is 17.5 Å². The van der Waals surface area contributed by atoms with Crippen molar-refractivity contribution in [3.05, 3.63) is 50.5 Å². The largest absolute Gasteiger partial charge is 0.487 e. The Morgan fingerprint density at radius 3 is 2.65 bits per heavy atom. The van der Waals surface area contributed by atoms with Gasteiger partial charge in [-0.05, 0) is 19.1 Å². The van der Waals surface area contributed by atoms with Crippen molar-refractivity contribution in [3.63, 3.8) is 0 Å². The second-order valence-electron chi connectivity index (χ2n) is 3.40. The number of thiazole rings is 1. The Morgan fingerprint density at radius 2 is 2.12 bits per heavy atom. The van der Waals surface area contributed by atoms with Crippen LogP contribution in [0.4, 0.5) is 5.69 Å². The van der Waals surface area contributed by atoms with Crippen LogP contribution < -0.4 is 4.74 Å². The third-order valence-electron chi connectivity index (χ3n) is 2.10. The molecule has 0 saturated carbocycles. The van der Waals surface area contributed by atoms with Crippen molar-refractivity contribution in [2.24, 2.45) is 0 Å². The van der Waals surface area contributed by atoms with Gasteiger partial charge in [0.2, 0.25) is 0 Å². The second kappa shape index (κ2) is 4.92. The van der Waals surface area contributed by atoms with Gasteiger partial charge >= 0.3 is 0 Å². The molecular weight excluding hydrogens is 240 g/mol. The van der Waals surface area contributed by atoms with Crippen LogP contribution in [0.2, 0.25) is 0 Å². The minimum Gasteiger partial charge on any atom is -0.487 e. The maximum absolute atomic E-state index is 10.5. The SMILES string of the molecule is Cc1nc(COc2ccc([N+](=O)[O-])cc2)cs1. The lowest BCUT2D eigenvalue weighted by molar-refractivity contribution is -0.384. The van der Waals surface area contributed by atoms with Crippen molar-refractivity contribution >= 4 is 17.0 Å². The average molecular weight is 250 g/mol. The minimum atomic E-state index is -0.437. The summed E-state index contributed by atoms with van der Waals surface area (Å²) in [5, 5.41) is 13.4. The molecule has 0 aliphatic rings. The molecule has 0 fully saturated rings. The van der Waals surface area contributed by atoms with Gasteiger partial charge < -0.3 is 4.74 Å².